The predicted octanol–water partition coefficient (Wildman–Crippen LogP) is 1.03. The third-order valence-corrected chi connectivity index (χ3v) is 4.11. The summed E-state index contributed by atoms with van der Waals surface area (Å²) in [6.45, 7) is 6.48. The van der Waals surface area contributed by atoms with Crippen molar-refractivity contribution in [3.05, 3.63) is 11.8 Å². The molecule has 0 radical (unpaired) electrons. The van der Waals surface area contributed by atoms with E-state index in [1.807, 2.05) is 6.92 Å². The molecule has 0 bridgehead atoms. The predicted molar refractivity (Wildman–Crippen MR) is 78.1 cm³/mol. The maximum Gasteiger partial charge on any atom is 0.240 e. The van der Waals surface area contributed by atoms with Crippen LogP contribution in [-0.4, -0.2) is 48.7 Å². The number of hydrogen-bond donors (Lipinski definition) is 2. The molecular weight excluding hydrogens is 280 g/mol. The second-order valence-electron chi connectivity index (χ2n) is 5.77. The molecule has 2 N–H and O–H groups in total. The maximum absolute atomic E-state index is 11.9. The van der Waals surface area contributed by atoms with Gasteiger partial charge in [0.05, 0.1) is 12.2 Å². The standard InChI is InChI=1S/C13H20N4O2.ClH/c1-10-6-12(19-16-10)15-11(18)7-17-5-3-13(9-17)2-4-14-8-13;/h6,14H,2-5,7-9H2,1H3,(H,15,18);1H. The first-order valence-electron chi connectivity index (χ1n) is 6.82. The fourth-order valence-electron chi connectivity index (χ4n) is 3.11. The van der Waals surface area contributed by atoms with Gasteiger partial charge in [-0.15, -0.1) is 12.4 Å². The van der Waals surface area contributed by atoms with Crippen molar-refractivity contribution in [3.63, 3.8) is 0 Å². The molecule has 1 spiro atoms. The molecule has 1 unspecified atom stereocenters. The Balaban J connectivity index is 0.00000147. The van der Waals surface area contributed by atoms with Gasteiger partial charge in [-0.2, -0.15) is 0 Å². The third kappa shape index (κ3) is 3.31. The minimum atomic E-state index is -0.0286. The van der Waals surface area contributed by atoms with Gasteiger partial charge in [0.25, 0.3) is 0 Å². The molecule has 2 aliphatic rings. The van der Waals surface area contributed by atoms with Crippen LogP contribution in [0.25, 0.3) is 0 Å². The topological polar surface area (TPSA) is 70.4 Å². The third-order valence-electron chi connectivity index (χ3n) is 4.11. The van der Waals surface area contributed by atoms with E-state index in [-0.39, 0.29) is 18.3 Å². The SMILES string of the molecule is Cc1cc(NC(=O)CN2CCC3(CCNC3)C2)on1.Cl. The lowest BCUT2D eigenvalue weighted by Gasteiger charge is -2.22. The molecule has 1 atom stereocenters. The summed E-state index contributed by atoms with van der Waals surface area (Å²) < 4.78 is 4.98. The van der Waals surface area contributed by atoms with E-state index in [1.54, 1.807) is 6.07 Å². The zero-order valence-corrected chi connectivity index (χ0v) is 12.5. The number of carbonyl (C=O) groups excluding carboxylic acids is 1. The second-order valence-corrected chi connectivity index (χ2v) is 5.77. The number of nitrogens with one attached hydrogen (secondary N) is 2. The van der Waals surface area contributed by atoms with Crippen molar-refractivity contribution in [2.45, 2.75) is 19.8 Å². The highest BCUT2D eigenvalue weighted by molar-refractivity contribution is 5.91. The molecular formula is C13H21ClN4O2. The molecule has 7 heteroatoms. The van der Waals surface area contributed by atoms with Crippen LogP contribution < -0.4 is 10.6 Å². The normalized spacial score (nSPS) is 25.9. The van der Waals surface area contributed by atoms with Gasteiger partial charge in [-0.25, -0.2) is 0 Å². The molecule has 0 saturated carbocycles. The lowest BCUT2D eigenvalue weighted by Crippen LogP contribution is -2.34. The van der Waals surface area contributed by atoms with E-state index in [0.29, 0.717) is 17.8 Å². The molecule has 3 heterocycles. The fourth-order valence-corrected chi connectivity index (χ4v) is 3.11. The van der Waals surface area contributed by atoms with Crippen LogP contribution in [0.5, 0.6) is 0 Å². The highest BCUT2D eigenvalue weighted by Crippen LogP contribution is 2.35. The molecule has 112 valence electrons. The molecule has 0 aromatic carbocycles. The Bertz CT molecular complexity index is 471. The molecule has 20 heavy (non-hydrogen) atoms. The van der Waals surface area contributed by atoms with Crippen LogP contribution in [0.15, 0.2) is 10.6 Å². The van der Waals surface area contributed by atoms with E-state index >= 15 is 0 Å². The van der Waals surface area contributed by atoms with Gasteiger partial charge in [-0.1, -0.05) is 5.16 Å². The van der Waals surface area contributed by atoms with Gasteiger partial charge < -0.3 is 9.84 Å². The summed E-state index contributed by atoms with van der Waals surface area (Å²) in [5, 5.41) is 9.91. The van der Waals surface area contributed by atoms with Crippen LogP contribution in [0, 0.1) is 12.3 Å². The van der Waals surface area contributed by atoms with Crippen molar-refractivity contribution < 1.29 is 9.32 Å². The van der Waals surface area contributed by atoms with Crippen molar-refractivity contribution in [3.8, 4) is 0 Å². The van der Waals surface area contributed by atoms with Crippen molar-refractivity contribution >= 4 is 24.2 Å². The van der Waals surface area contributed by atoms with E-state index in [4.69, 9.17) is 4.52 Å². The summed E-state index contributed by atoms with van der Waals surface area (Å²) in [4.78, 5) is 14.2. The molecule has 2 aliphatic heterocycles. The number of aryl methyl sites for hydroxylation is 1. The summed E-state index contributed by atoms with van der Waals surface area (Å²) in [6, 6.07) is 1.73. The molecule has 2 saturated heterocycles. The Labute approximate surface area is 124 Å². The lowest BCUT2D eigenvalue weighted by molar-refractivity contribution is -0.117. The minimum Gasteiger partial charge on any atom is -0.338 e. The Morgan fingerprint density at radius 2 is 2.45 bits per heavy atom. The Morgan fingerprint density at radius 1 is 1.60 bits per heavy atom. The van der Waals surface area contributed by atoms with Crippen molar-refractivity contribution in [2.24, 2.45) is 5.41 Å². The minimum absolute atomic E-state index is 0. The maximum atomic E-state index is 11.9. The zero-order chi connectivity index (χ0) is 13.3. The highest BCUT2D eigenvalue weighted by Gasteiger charge is 2.40. The molecule has 1 aromatic heterocycles. The molecule has 3 rings (SSSR count). The van der Waals surface area contributed by atoms with Gasteiger partial charge in [-0.05, 0) is 38.3 Å². The molecule has 1 amide bonds. The summed E-state index contributed by atoms with van der Waals surface area (Å²) in [5.74, 6) is 0.401. The largest absolute Gasteiger partial charge is 0.338 e. The van der Waals surface area contributed by atoms with Gasteiger partial charge in [0.2, 0.25) is 11.8 Å². The smallest absolute Gasteiger partial charge is 0.240 e. The number of halogens is 1. The van der Waals surface area contributed by atoms with Gasteiger partial charge in [0, 0.05) is 19.2 Å². The number of amides is 1. The fraction of sp³-hybridized carbons (Fsp3) is 0.692. The Kier molecular flexibility index (Phi) is 4.67. The van der Waals surface area contributed by atoms with E-state index in [1.165, 1.54) is 12.8 Å². The first-order chi connectivity index (χ1) is 9.15. The number of likely N-dealkylation sites (tertiary alicyclic amines) is 1. The zero-order valence-electron chi connectivity index (χ0n) is 11.6. The van der Waals surface area contributed by atoms with E-state index in [9.17, 15) is 4.79 Å². The average Bonchev–Trinajstić information content (AvgIpc) is 3.05. The first kappa shape index (κ1) is 15.3. The van der Waals surface area contributed by atoms with Crippen molar-refractivity contribution in [1.29, 1.82) is 0 Å². The summed E-state index contributed by atoms with van der Waals surface area (Å²) >= 11 is 0. The Morgan fingerprint density at radius 3 is 3.10 bits per heavy atom. The highest BCUT2D eigenvalue weighted by atomic mass is 35.5. The number of rotatable bonds is 3. The molecule has 0 aliphatic carbocycles. The monoisotopic (exact) mass is 300 g/mol. The second kappa shape index (κ2) is 6.11. The van der Waals surface area contributed by atoms with Crippen molar-refractivity contribution in [1.82, 2.24) is 15.4 Å². The van der Waals surface area contributed by atoms with Crippen LogP contribution >= 0.6 is 12.4 Å². The van der Waals surface area contributed by atoms with Gasteiger partial charge in [0.15, 0.2) is 0 Å². The van der Waals surface area contributed by atoms with Gasteiger partial charge in [0.1, 0.15) is 0 Å². The quantitative estimate of drug-likeness (QED) is 0.872. The first-order valence-corrected chi connectivity index (χ1v) is 6.82. The van der Waals surface area contributed by atoms with E-state index < -0.39 is 0 Å². The number of aromatic nitrogens is 1. The van der Waals surface area contributed by atoms with Crippen LogP contribution in [0.3, 0.4) is 0 Å². The molecule has 2 fully saturated rings. The van der Waals surface area contributed by atoms with Gasteiger partial charge in [-0.3, -0.25) is 15.0 Å². The number of hydrogen-bond acceptors (Lipinski definition) is 5. The van der Waals surface area contributed by atoms with Crippen LogP contribution in [0.2, 0.25) is 0 Å². The average molecular weight is 301 g/mol. The number of carbonyl (C=O) groups is 1. The Hall–Kier alpha value is -1.11. The molecule has 1 aromatic rings. The summed E-state index contributed by atoms with van der Waals surface area (Å²) in [5.41, 5.74) is 1.18. The van der Waals surface area contributed by atoms with Crippen LogP contribution in [-0.2, 0) is 4.79 Å². The lowest BCUT2D eigenvalue weighted by atomic mass is 9.87. The number of anilines is 1. The van der Waals surface area contributed by atoms with E-state index in [2.05, 4.69) is 20.7 Å². The van der Waals surface area contributed by atoms with Crippen molar-refractivity contribution in [2.75, 3.05) is 38.0 Å². The van der Waals surface area contributed by atoms with Crippen LogP contribution in [0.1, 0.15) is 18.5 Å². The van der Waals surface area contributed by atoms with Gasteiger partial charge >= 0.3 is 0 Å². The van der Waals surface area contributed by atoms with E-state index in [0.717, 1.165) is 31.9 Å². The molecule has 6 nitrogen and oxygen atoms in total. The summed E-state index contributed by atoms with van der Waals surface area (Å²) in [7, 11) is 0. The summed E-state index contributed by atoms with van der Waals surface area (Å²) in [6.07, 6.45) is 2.42. The van der Waals surface area contributed by atoms with Crippen LogP contribution in [0.4, 0.5) is 5.88 Å². The number of nitrogens with zero attached hydrogens (tertiary/aromatic N) is 2.